The molecule has 110 valence electrons. The lowest BCUT2D eigenvalue weighted by atomic mass is 10.1. The van der Waals surface area contributed by atoms with Gasteiger partial charge in [0.25, 0.3) is 0 Å². The van der Waals surface area contributed by atoms with Crippen LogP contribution in [0, 0.1) is 0 Å². The lowest BCUT2D eigenvalue weighted by molar-refractivity contribution is 0.0697. The van der Waals surface area contributed by atoms with Crippen LogP contribution in [0.2, 0.25) is 0 Å². The molecule has 6 nitrogen and oxygen atoms in total. The predicted octanol–water partition coefficient (Wildman–Crippen LogP) is 1.45. The number of carboxylic acid groups (broad SMARTS) is 1. The highest BCUT2D eigenvalue weighted by Gasteiger charge is 2.16. The second-order valence-corrected chi connectivity index (χ2v) is 6.10. The monoisotopic (exact) mass is 306 g/mol. The van der Waals surface area contributed by atoms with Crippen molar-refractivity contribution in [2.75, 3.05) is 5.73 Å². The Hall–Kier alpha value is -2.38. The highest BCUT2D eigenvalue weighted by atomic mass is 32.2. The van der Waals surface area contributed by atoms with Crippen molar-refractivity contribution >= 4 is 21.7 Å². The number of aromatic carboxylic acids is 1. The molecule has 0 radical (unpaired) electrons. The quantitative estimate of drug-likeness (QED) is 0.724. The van der Waals surface area contributed by atoms with Crippen molar-refractivity contribution in [2.45, 2.75) is 11.4 Å². The number of nitrogens with one attached hydrogen (secondary N) is 1. The van der Waals surface area contributed by atoms with Crippen LogP contribution in [-0.4, -0.2) is 19.5 Å². The van der Waals surface area contributed by atoms with E-state index in [2.05, 4.69) is 4.72 Å². The maximum Gasteiger partial charge on any atom is 0.335 e. The molecule has 0 bridgehead atoms. The number of anilines is 1. The van der Waals surface area contributed by atoms with E-state index >= 15 is 0 Å². The molecule has 4 N–H and O–H groups in total. The van der Waals surface area contributed by atoms with Gasteiger partial charge in [-0.15, -0.1) is 0 Å². The molecule has 0 spiro atoms. The highest BCUT2D eigenvalue weighted by molar-refractivity contribution is 7.89. The molecular weight excluding hydrogens is 292 g/mol. The van der Waals surface area contributed by atoms with Gasteiger partial charge in [0.2, 0.25) is 10.0 Å². The van der Waals surface area contributed by atoms with Crippen LogP contribution in [0.5, 0.6) is 0 Å². The average Bonchev–Trinajstić information content (AvgIpc) is 2.46. The van der Waals surface area contributed by atoms with Crippen molar-refractivity contribution < 1.29 is 18.3 Å². The first-order valence-corrected chi connectivity index (χ1v) is 7.55. The number of carboxylic acids is 1. The van der Waals surface area contributed by atoms with E-state index in [1.165, 1.54) is 24.3 Å². The fraction of sp³-hybridized carbons (Fsp3) is 0.0714. The zero-order chi connectivity index (χ0) is 15.5. The van der Waals surface area contributed by atoms with E-state index < -0.39 is 16.0 Å². The lowest BCUT2D eigenvalue weighted by Gasteiger charge is -2.09. The van der Waals surface area contributed by atoms with E-state index in [0.29, 0.717) is 5.56 Å². The topological polar surface area (TPSA) is 109 Å². The van der Waals surface area contributed by atoms with Gasteiger partial charge >= 0.3 is 5.97 Å². The molecule has 2 rings (SSSR count). The molecule has 0 aliphatic rings. The van der Waals surface area contributed by atoms with Crippen molar-refractivity contribution in [1.82, 2.24) is 4.72 Å². The molecule has 0 heterocycles. The summed E-state index contributed by atoms with van der Waals surface area (Å²) in [5.41, 5.74) is 6.61. The molecule has 7 heteroatoms. The zero-order valence-corrected chi connectivity index (χ0v) is 11.8. The number of nitrogen functional groups attached to an aromatic ring is 1. The van der Waals surface area contributed by atoms with Crippen LogP contribution in [0.1, 0.15) is 15.9 Å². The predicted molar refractivity (Wildman–Crippen MR) is 78.3 cm³/mol. The van der Waals surface area contributed by atoms with Gasteiger partial charge in [0.05, 0.1) is 11.3 Å². The van der Waals surface area contributed by atoms with Gasteiger partial charge in [-0.2, -0.15) is 0 Å². The summed E-state index contributed by atoms with van der Waals surface area (Å²) < 4.78 is 26.7. The third-order valence-corrected chi connectivity index (χ3v) is 4.35. The minimum Gasteiger partial charge on any atom is -0.478 e. The van der Waals surface area contributed by atoms with Gasteiger partial charge in [0.15, 0.2) is 0 Å². The smallest absolute Gasteiger partial charge is 0.335 e. The number of hydrogen-bond donors (Lipinski definition) is 3. The summed E-state index contributed by atoms with van der Waals surface area (Å²) in [6, 6.07) is 12.1. The molecule has 21 heavy (non-hydrogen) atoms. The van der Waals surface area contributed by atoms with Crippen molar-refractivity contribution in [2.24, 2.45) is 0 Å². The second kappa shape index (κ2) is 5.94. The first-order chi connectivity index (χ1) is 9.90. The molecule has 2 aromatic rings. The van der Waals surface area contributed by atoms with Gasteiger partial charge in [-0.1, -0.05) is 24.3 Å². The molecule has 0 aromatic heterocycles. The fourth-order valence-electron chi connectivity index (χ4n) is 1.75. The Bertz CT molecular complexity index is 755. The number of benzene rings is 2. The molecule has 0 aliphatic heterocycles. The zero-order valence-electron chi connectivity index (χ0n) is 11.0. The number of nitrogens with two attached hydrogens (primary N) is 1. The average molecular weight is 306 g/mol. The van der Waals surface area contributed by atoms with Crippen molar-refractivity contribution in [3.63, 3.8) is 0 Å². The lowest BCUT2D eigenvalue weighted by Crippen LogP contribution is -2.24. The summed E-state index contributed by atoms with van der Waals surface area (Å²) in [4.78, 5) is 10.7. The number of para-hydroxylation sites is 1. The van der Waals surface area contributed by atoms with Crippen LogP contribution in [-0.2, 0) is 16.6 Å². The minimum absolute atomic E-state index is 0.0205. The molecule has 0 fully saturated rings. The van der Waals surface area contributed by atoms with Gasteiger partial charge in [0.1, 0.15) is 4.90 Å². The van der Waals surface area contributed by atoms with E-state index in [0.717, 1.165) is 0 Å². The molecular formula is C14H14N2O4S. The van der Waals surface area contributed by atoms with Crippen molar-refractivity contribution in [1.29, 1.82) is 0 Å². The van der Waals surface area contributed by atoms with Crippen LogP contribution in [0.15, 0.2) is 53.4 Å². The summed E-state index contributed by atoms with van der Waals surface area (Å²) >= 11 is 0. The Morgan fingerprint density at radius 2 is 1.71 bits per heavy atom. The molecule has 0 amide bonds. The number of rotatable bonds is 5. The summed E-state index contributed by atoms with van der Waals surface area (Å²) in [5.74, 6) is -1.03. The molecule has 0 saturated heterocycles. The van der Waals surface area contributed by atoms with E-state index in [1.54, 1.807) is 24.3 Å². The van der Waals surface area contributed by atoms with E-state index in [-0.39, 0.29) is 22.7 Å². The fourth-order valence-corrected chi connectivity index (χ4v) is 2.89. The largest absolute Gasteiger partial charge is 0.478 e. The summed E-state index contributed by atoms with van der Waals surface area (Å²) in [7, 11) is -3.71. The van der Waals surface area contributed by atoms with Crippen LogP contribution < -0.4 is 10.5 Å². The Kier molecular flexibility index (Phi) is 4.25. The summed E-state index contributed by atoms with van der Waals surface area (Å²) in [5, 5.41) is 8.79. The van der Waals surface area contributed by atoms with Gasteiger partial charge in [-0.05, 0) is 29.8 Å². The van der Waals surface area contributed by atoms with Crippen LogP contribution in [0.4, 0.5) is 5.69 Å². The molecule has 0 unspecified atom stereocenters. The van der Waals surface area contributed by atoms with Gasteiger partial charge in [0, 0.05) is 6.54 Å². The van der Waals surface area contributed by atoms with Crippen LogP contribution in [0.3, 0.4) is 0 Å². The SMILES string of the molecule is Nc1ccccc1S(=O)(=O)NCc1ccc(C(=O)O)cc1. The Balaban J connectivity index is 2.12. The Morgan fingerprint density at radius 1 is 1.10 bits per heavy atom. The Labute approximate surface area is 122 Å². The second-order valence-electron chi connectivity index (χ2n) is 4.36. The normalized spacial score (nSPS) is 11.2. The molecule has 0 atom stereocenters. The van der Waals surface area contributed by atoms with Gasteiger partial charge in [-0.25, -0.2) is 17.9 Å². The van der Waals surface area contributed by atoms with Gasteiger partial charge in [-0.3, -0.25) is 0 Å². The van der Waals surface area contributed by atoms with E-state index in [9.17, 15) is 13.2 Å². The van der Waals surface area contributed by atoms with E-state index in [4.69, 9.17) is 10.8 Å². The maximum atomic E-state index is 12.1. The molecule has 0 saturated carbocycles. The van der Waals surface area contributed by atoms with Crippen molar-refractivity contribution in [3.8, 4) is 0 Å². The third kappa shape index (κ3) is 3.59. The number of carbonyl (C=O) groups is 1. The van der Waals surface area contributed by atoms with Gasteiger partial charge < -0.3 is 10.8 Å². The first-order valence-electron chi connectivity index (χ1n) is 6.06. The first kappa shape index (κ1) is 15.0. The minimum atomic E-state index is -3.71. The maximum absolute atomic E-state index is 12.1. The Morgan fingerprint density at radius 3 is 2.29 bits per heavy atom. The van der Waals surface area contributed by atoms with Crippen LogP contribution >= 0.6 is 0 Å². The summed E-state index contributed by atoms with van der Waals surface area (Å²) in [6.45, 7) is 0.0521. The van der Waals surface area contributed by atoms with E-state index in [1.807, 2.05) is 0 Å². The third-order valence-electron chi connectivity index (χ3n) is 2.88. The molecule has 0 aliphatic carbocycles. The van der Waals surface area contributed by atoms with Crippen LogP contribution in [0.25, 0.3) is 0 Å². The highest BCUT2D eigenvalue weighted by Crippen LogP contribution is 2.17. The summed E-state index contributed by atoms with van der Waals surface area (Å²) in [6.07, 6.45) is 0. The number of sulfonamides is 1. The number of hydrogen-bond acceptors (Lipinski definition) is 4. The van der Waals surface area contributed by atoms with Crippen molar-refractivity contribution in [3.05, 3.63) is 59.7 Å². The standard InChI is InChI=1S/C14H14N2O4S/c15-12-3-1-2-4-13(12)21(19,20)16-9-10-5-7-11(8-6-10)14(17)18/h1-8,16H,9,15H2,(H,17,18). The molecule has 2 aromatic carbocycles.